The van der Waals surface area contributed by atoms with Gasteiger partial charge in [-0.05, 0) is 32.4 Å². The van der Waals surface area contributed by atoms with Gasteiger partial charge in [-0.15, -0.1) is 10.2 Å². The molecule has 8 heteroatoms. The van der Waals surface area contributed by atoms with Crippen molar-refractivity contribution in [3.63, 3.8) is 0 Å². The van der Waals surface area contributed by atoms with Crippen molar-refractivity contribution in [3.8, 4) is 0 Å². The molecule has 0 radical (unpaired) electrons. The molecule has 0 aliphatic heterocycles. The van der Waals surface area contributed by atoms with Gasteiger partial charge in [-0.3, -0.25) is 9.59 Å². The van der Waals surface area contributed by atoms with Crippen molar-refractivity contribution < 1.29 is 4.79 Å². The second-order valence-electron chi connectivity index (χ2n) is 4.30. The van der Waals surface area contributed by atoms with E-state index in [0.29, 0.717) is 17.1 Å². The molecule has 1 amide bonds. The first-order chi connectivity index (χ1) is 8.99. The Morgan fingerprint density at radius 3 is 2.74 bits per heavy atom. The van der Waals surface area contributed by atoms with Crippen molar-refractivity contribution in [2.75, 3.05) is 0 Å². The van der Waals surface area contributed by atoms with Crippen molar-refractivity contribution in [2.24, 2.45) is 0 Å². The van der Waals surface area contributed by atoms with Crippen LogP contribution >= 0.6 is 0 Å². The van der Waals surface area contributed by atoms with Crippen LogP contribution in [0.3, 0.4) is 0 Å². The fraction of sp³-hybridized carbons (Fsp3) is 0.364. The third kappa shape index (κ3) is 2.67. The smallest absolute Gasteiger partial charge is 0.261 e. The van der Waals surface area contributed by atoms with Gasteiger partial charge in [-0.25, -0.2) is 0 Å². The maximum atomic E-state index is 12.1. The Hall–Kier alpha value is -2.51. The van der Waals surface area contributed by atoms with E-state index in [1.165, 1.54) is 0 Å². The molecular formula is C11H14N6O2. The summed E-state index contributed by atoms with van der Waals surface area (Å²) in [4.78, 5) is 26.5. The zero-order chi connectivity index (χ0) is 14.0. The SMILES string of the molecule is Cc1cc(C)c(C(=O)NC(C)c2nn[nH]n2)c(=O)[nH]1. The molecule has 0 aromatic carbocycles. The lowest BCUT2D eigenvalue weighted by molar-refractivity contribution is 0.0936. The van der Waals surface area contributed by atoms with Gasteiger partial charge in [0.05, 0.1) is 6.04 Å². The quantitative estimate of drug-likeness (QED) is 0.719. The Morgan fingerprint density at radius 1 is 1.42 bits per heavy atom. The van der Waals surface area contributed by atoms with E-state index in [9.17, 15) is 9.59 Å². The summed E-state index contributed by atoms with van der Waals surface area (Å²) in [6.45, 7) is 5.19. The summed E-state index contributed by atoms with van der Waals surface area (Å²) in [5.74, 6) is -0.106. The van der Waals surface area contributed by atoms with Gasteiger partial charge >= 0.3 is 0 Å². The molecule has 0 aliphatic carbocycles. The normalized spacial score (nSPS) is 12.2. The van der Waals surface area contributed by atoms with Gasteiger partial charge in [0, 0.05) is 5.69 Å². The number of rotatable bonds is 3. The molecule has 0 spiro atoms. The van der Waals surface area contributed by atoms with Crippen molar-refractivity contribution in [1.29, 1.82) is 0 Å². The fourth-order valence-electron chi connectivity index (χ4n) is 1.82. The van der Waals surface area contributed by atoms with Crippen LogP contribution in [-0.2, 0) is 0 Å². The van der Waals surface area contributed by atoms with Crippen LogP contribution in [0.15, 0.2) is 10.9 Å². The van der Waals surface area contributed by atoms with Crippen molar-refractivity contribution in [1.82, 2.24) is 30.9 Å². The highest BCUT2D eigenvalue weighted by Crippen LogP contribution is 2.08. The molecule has 0 aliphatic rings. The number of carbonyl (C=O) groups is 1. The first-order valence-corrected chi connectivity index (χ1v) is 5.73. The zero-order valence-corrected chi connectivity index (χ0v) is 10.8. The van der Waals surface area contributed by atoms with Gasteiger partial charge in [0.15, 0.2) is 5.82 Å². The van der Waals surface area contributed by atoms with Crippen LogP contribution in [0.1, 0.15) is 40.4 Å². The molecule has 0 fully saturated rings. The largest absolute Gasteiger partial charge is 0.342 e. The zero-order valence-electron chi connectivity index (χ0n) is 10.8. The Morgan fingerprint density at radius 2 is 2.16 bits per heavy atom. The molecule has 2 rings (SSSR count). The third-order valence-electron chi connectivity index (χ3n) is 2.69. The predicted molar refractivity (Wildman–Crippen MR) is 66.6 cm³/mol. The molecule has 0 saturated heterocycles. The van der Waals surface area contributed by atoms with E-state index >= 15 is 0 Å². The number of amides is 1. The molecule has 2 aromatic heterocycles. The number of nitrogens with zero attached hydrogens (tertiary/aromatic N) is 3. The van der Waals surface area contributed by atoms with Crippen molar-refractivity contribution in [2.45, 2.75) is 26.8 Å². The van der Waals surface area contributed by atoms with E-state index in [-0.39, 0.29) is 5.56 Å². The molecule has 1 unspecified atom stereocenters. The van der Waals surface area contributed by atoms with Crippen LogP contribution in [0.2, 0.25) is 0 Å². The number of tetrazole rings is 1. The van der Waals surface area contributed by atoms with Crippen molar-refractivity contribution >= 4 is 5.91 Å². The van der Waals surface area contributed by atoms with Gasteiger partial charge in [0.1, 0.15) is 5.56 Å². The van der Waals surface area contributed by atoms with Crippen LogP contribution in [-0.4, -0.2) is 31.5 Å². The monoisotopic (exact) mass is 262 g/mol. The van der Waals surface area contributed by atoms with Crippen LogP contribution in [0, 0.1) is 13.8 Å². The van der Waals surface area contributed by atoms with E-state index in [0.717, 1.165) is 0 Å². The average molecular weight is 262 g/mol. The van der Waals surface area contributed by atoms with E-state index in [4.69, 9.17) is 0 Å². The summed E-state index contributed by atoms with van der Waals surface area (Å²) in [6, 6.07) is 1.31. The maximum Gasteiger partial charge on any atom is 0.261 e. The van der Waals surface area contributed by atoms with Gasteiger partial charge in [0.25, 0.3) is 11.5 Å². The first-order valence-electron chi connectivity index (χ1n) is 5.73. The van der Waals surface area contributed by atoms with Gasteiger partial charge in [-0.2, -0.15) is 5.21 Å². The highest BCUT2D eigenvalue weighted by Gasteiger charge is 2.19. The van der Waals surface area contributed by atoms with Gasteiger partial charge in [0.2, 0.25) is 0 Å². The molecule has 3 N–H and O–H groups in total. The van der Waals surface area contributed by atoms with Crippen LogP contribution in [0.25, 0.3) is 0 Å². The topological polar surface area (TPSA) is 116 Å². The average Bonchev–Trinajstić information content (AvgIpc) is 2.80. The van der Waals surface area contributed by atoms with E-state index in [1.54, 1.807) is 26.8 Å². The lowest BCUT2D eigenvalue weighted by atomic mass is 10.1. The first kappa shape index (κ1) is 12.9. The Kier molecular flexibility index (Phi) is 3.41. The number of aromatic amines is 2. The number of carbonyl (C=O) groups excluding carboxylic acids is 1. The second kappa shape index (κ2) is 5.01. The summed E-state index contributed by atoms with van der Waals surface area (Å²) in [6.07, 6.45) is 0. The summed E-state index contributed by atoms with van der Waals surface area (Å²) >= 11 is 0. The molecule has 0 saturated carbocycles. The van der Waals surface area contributed by atoms with Crippen molar-refractivity contribution in [3.05, 3.63) is 39.1 Å². The second-order valence-corrected chi connectivity index (χ2v) is 4.30. The Balaban J connectivity index is 2.24. The maximum absolute atomic E-state index is 12.1. The molecule has 19 heavy (non-hydrogen) atoms. The molecule has 8 nitrogen and oxygen atoms in total. The lowest BCUT2D eigenvalue weighted by Crippen LogP contribution is -2.33. The van der Waals surface area contributed by atoms with Crippen LogP contribution in [0.5, 0.6) is 0 Å². The molecule has 2 heterocycles. The number of pyridine rings is 1. The summed E-state index contributed by atoms with van der Waals surface area (Å²) < 4.78 is 0. The minimum atomic E-state index is -0.462. The molecule has 1 atom stereocenters. The molecule has 2 aromatic rings. The number of nitrogens with one attached hydrogen (secondary N) is 3. The highest BCUT2D eigenvalue weighted by atomic mass is 16.2. The lowest BCUT2D eigenvalue weighted by Gasteiger charge is -2.11. The number of hydrogen-bond acceptors (Lipinski definition) is 5. The summed E-state index contributed by atoms with van der Waals surface area (Å²) in [7, 11) is 0. The number of aryl methyl sites for hydroxylation is 2. The number of hydrogen-bond donors (Lipinski definition) is 3. The predicted octanol–water partition coefficient (Wildman–Crippen LogP) is -0.00416. The molecule has 0 bridgehead atoms. The van der Waals surface area contributed by atoms with Crippen LogP contribution < -0.4 is 10.9 Å². The minimum absolute atomic E-state index is 0.0981. The standard InChI is InChI=1S/C11H14N6O2/c1-5-4-6(2)12-10(18)8(5)11(19)13-7(3)9-14-16-17-15-9/h4,7H,1-3H3,(H,12,18)(H,13,19)(H,14,15,16,17). The number of aromatic nitrogens is 5. The van der Waals surface area contributed by atoms with Gasteiger partial charge < -0.3 is 10.3 Å². The summed E-state index contributed by atoms with van der Waals surface area (Å²) in [5, 5.41) is 15.9. The van der Waals surface area contributed by atoms with Gasteiger partial charge in [-0.1, -0.05) is 5.21 Å². The number of H-pyrrole nitrogens is 2. The van der Waals surface area contributed by atoms with E-state index < -0.39 is 17.5 Å². The molecule has 100 valence electrons. The fourth-order valence-corrected chi connectivity index (χ4v) is 1.82. The molecular weight excluding hydrogens is 248 g/mol. The third-order valence-corrected chi connectivity index (χ3v) is 2.69. The van der Waals surface area contributed by atoms with E-state index in [2.05, 4.69) is 30.9 Å². The van der Waals surface area contributed by atoms with Crippen LogP contribution in [0.4, 0.5) is 0 Å². The Bertz CT molecular complexity index is 646. The Labute approximate surface area is 108 Å². The van der Waals surface area contributed by atoms with E-state index in [1.807, 2.05) is 0 Å². The highest BCUT2D eigenvalue weighted by molar-refractivity contribution is 5.95. The minimum Gasteiger partial charge on any atom is -0.342 e. The summed E-state index contributed by atoms with van der Waals surface area (Å²) in [5.41, 5.74) is 1.03.